The van der Waals surface area contributed by atoms with Crippen molar-refractivity contribution in [3.63, 3.8) is 0 Å². The van der Waals surface area contributed by atoms with Crippen molar-refractivity contribution in [2.75, 3.05) is 0 Å². The SMILES string of the molecule is CC1(C)CC[C@]2(C(=O)O)CC[C@]3(C)C(=C2C1)CC[C@@H]1[C@@]2(C)CCC(O[C@@H]4O[C@H](C(=O)O)[C@@H](O)[C@H](O[C@@H]5CC[C@@H](O)[C@H](O)[C@H]5O)[C@H]4O)C(C)(C)[C@@H]2CC[C@]13C. The number of aliphatic hydroxyl groups excluding tert-OH is 5. The van der Waals surface area contributed by atoms with Crippen molar-refractivity contribution >= 4 is 11.9 Å². The van der Waals surface area contributed by atoms with Crippen molar-refractivity contribution < 1.29 is 59.5 Å². The van der Waals surface area contributed by atoms with Crippen LogP contribution < -0.4 is 0 Å². The van der Waals surface area contributed by atoms with Crippen LogP contribution in [0.5, 0.6) is 0 Å². The van der Waals surface area contributed by atoms with Gasteiger partial charge in [-0.1, -0.05) is 59.6 Å². The first-order valence-corrected chi connectivity index (χ1v) is 20.6. The van der Waals surface area contributed by atoms with Gasteiger partial charge in [0, 0.05) is 0 Å². The van der Waals surface area contributed by atoms with Crippen LogP contribution in [0.2, 0.25) is 0 Å². The Labute approximate surface area is 319 Å². The molecule has 16 atom stereocenters. The predicted octanol–water partition coefficient (Wildman–Crippen LogP) is 4.56. The molecule has 7 N–H and O–H groups in total. The van der Waals surface area contributed by atoms with E-state index in [4.69, 9.17) is 14.2 Å². The Morgan fingerprint density at radius 2 is 1.37 bits per heavy atom. The molecule has 0 amide bonds. The first-order chi connectivity index (χ1) is 25.0. The highest BCUT2D eigenvalue weighted by Gasteiger charge is 2.69. The maximum absolute atomic E-state index is 13.0. The summed E-state index contributed by atoms with van der Waals surface area (Å²) < 4.78 is 18.3. The molecule has 12 nitrogen and oxygen atoms in total. The molecule has 306 valence electrons. The lowest BCUT2D eigenvalue weighted by atomic mass is 9.34. The number of carboxylic acid groups (broad SMARTS) is 2. The van der Waals surface area contributed by atoms with Gasteiger partial charge in [-0.05, 0) is 122 Å². The Morgan fingerprint density at radius 3 is 2.04 bits per heavy atom. The summed E-state index contributed by atoms with van der Waals surface area (Å²) in [4.78, 5) is 25.3. The molecule has 0 spiro atoms. The third kappa shape index (κ3) is 5.89. The second kappa shape index (κ2) is 13.5. The fraction of sp³-hybridized carbons (Fsp3) is 0.905. The Bertz CT molecular complexity index is 1530. The van der Waals surface area contributed by atoms with Crippen LogP contribution in [-0.4, -0.2) is 109 Å². The van der Waals surface area contributed by atoms with Gasteiger partial charge in [-0.3, -0.25) is 4.79 Å². The normalized spacial score (nSPS) is 51.3. The molecule has 1 saturated heterocycles. The number of ether oxygens (including phenoxy) is 3. The molecule has 0 aromatic rings. The van der Waals surface area contributed by atoms with E-state index in [0.717, 1.165) is 51.4 Å². The molecule has 0 aromatic heterocycles. The van der Waals surface area contributed by atoms with Crippen molar-refractivity contribution in [2.24, 2.45) is 44.3 Å². The van der Waals surface area contributed by atoms with Gasteiger partial charge in [0.2, 0.25) is 0 Å². The van der Waals surface area contributed by atoms with E-state index < -0.39 is 84.0 Å². The highest BCUT2D eigenvalue weighted by Crippen LogP contribution is 2.75. The molecule has 0 bridgehead atoms. The monoisotopic (exact) mass is 762 g/mol. The topological polar surface area (TPSA) is 203 Å². The maximum atomic E-state index is 13.0. The Balaban J connectivity index is 1.13. The maximum Gasteiger partial charge on any atom is 0.335 e. The second-order valence-corrected chi connectivity index (χ2v) is 20.6. The fourth-order valence-corrected chi connectivity index (χ4v) is 13.8. The quantitative estimate of drug-likeness (QED) is 0.147. The lowest BCUT2D eigenvalue weighted by Gasteiger charge is -2.71. The first-order valence-electron chi connectivity index (χ1n) is 20.6. The van der Waals surface area contributed by atoms with Crippen LogP contribution in [0.1, 0.15) is 132 Å². The molecular weight excluding hydrogens is 696 g/mol. The number of hydrogen-bond donors (Lipinski definition) is 7. The molecule has 5 saturated carbocycles. The van der Waals surface area contributed by atoms with E-state index >= 15 is 0 Å². The summed E-state index contributed by atoms with van der Waals surface area (Å²) in [7, 11) is 0. The van der Waals surface area contributed by atoms with Gasteiger partial charge in [-0.2, -0.15) is 0 Å². The van der Waals surface area contributed by atoms with Gasteiger partial charge in [-0.15, -0.1) is 0 Å². The van der Waals surface area contributed by atoms with Crippen LogP contribution in [0.4, 0.5) is 0 Å². The summed E-state index contributed by atoms with van der Waals surface area (Å²) >= 11 is 0. The molecule has 6 aliphatic carbocycles. The summed E-state index contributed by atoms with van der Waals surface area (Å²) in [5.41, 5.74) is 1.46. The second-order valence-electron chi connectivity index (χ2n) is 20.6. The minimum Gasteiger partial charge on any atom is -0.481 e. The third-order valence-electron chi connectivity index (χ3n) is 17.2. The van der Waals surface area contributed by atoms with Gasteiger partial charge in [0.05, 0.1) is 23.7 Å². The third-order valence-corrected chi connectivity index (χ3v) is 17.2. The average molecular weight is 763 g/mol. The Kier molecular flexibility index (Phi) is 10.1. The molecule has 54 heavy (non-hydrogen) atoms. The Morgan fingerprint density at radius 1 is 0.685 bits per heavy atom. The van der Waals surface area contributed by atoms with Gasteiger partial charge in [-0.25, -0.2) is 4.79 Å². The smallest absolute Gasteiger partial charge is 0.335 e. The molecule has 1 aliphatic heterocycles. The lowest BCUT2D eigenvalue weighted by Crippen LogP contribution is -2.66. The van der Waals surface area contributed by atoms with Crippen LogP contribution in [0, 0.1) is 44.3 Å². The predicted molar refractivity (Wildman–Crippen MR) is 196 cm³/mol. The number of aliphatic hydroxyl groups is 5. The van der Waals surface area contributed by atoms with Gasteiger partial charge in [0.15, 0.2) is 12.4 Å². The number of allylic oxidation sites excluding steroid dienone is 1. The lowest BCUT2D eigenvalue weighted by molar-refractivity contribution is -0.336. The van der Waals surface area contributed by atoms with E-state index in [1.54, 1.807) is 0 Å². The van der Waals surface area contributed by atoms with Crippen molar-refractivity contribution in [1.29, 1.82) is 0 Å². The average Bonchev–Trinajstić information content (AvgIpc) is 3.08. The van der Waals surface area contributed by atoms with Crippen molar-refractivity contribution in [2.45, 2.75) is 193 Å². The molecule has 1 heterocycles. The van der Waals surface area contributed by atoms with Gasteiger partial charge in [0.1, 0.15) is 30.5 Å². The number of rotatable bonds is 6. The summed E-state index contributed by atoms with van der Waals surface area (Å²) in [5, 5.41) is 74.1. The van der Waals surface area contributed by atoms with Crippen LogP contribution in [-0.2, 0) is 23.8 Å². The van der Waals surface area contributed by atoms with E-state index in [9.17, 15) is 45.3 Å². The van der Waals surface area contributed by atoms with E-state index in [-0.39, 0.29) is 40.4 Å². The first kappa shape index (κ1) is 40.6. The van der Waals surface area contributed by atoms with Crippen LogP contribution in [0.25, 0.3) is 0 Å². The molecule has 7 rings (SSSR count). The highest BCUT2D eigenvalue weighted by molar-refractivity contribution is 5.80. The van der Waals surface area contributed by atoms with Gasteiger partial charge in [0.25, 0.3) is 0 Å². The zero-order chi connectivity index (χ0) is 39.6. The fourth-order valence-electron chi connectivity index (χ4n) is 13.8. The van der Waals surface area contributed by atoms with Crippen molar-refractivity contribution in [3.05, 3.63) is 11.1 Å². The number of carbonyl (C=O) groups is 2. The van der Waals surface area contributed by atoms with Crippen LogP contribution in [0.3, 0.4) is 0 Å². The van der Waals surface area contributed by atoms with Crippen molar-refractivity contribution in [1.82, 2.24) is 0 Å². The van der Waals surface area contributed by atoms with Gasteiger partial charge >= 0.3 is 11.9 Å². The standard InChI is InChI=1S/C42H66O12/c1-37(2)16-18-42(36(50)51)19-17-40(6)21(22(42)20-37)8-11-26-39(5)14-13-27(38(3,4)25(39)12-15-41(26,40)7)53-35-31(47)32(30(46)33(54-35)34(48)49)52-24-10-9-23(43)28(44)29(24)45/h23-33,35,43-47H,8-20H2,1-7H3,(H,48,49)(H,50,51)/t23-,24-,25+,26-,27?,28+,29+,30+,31-,32+,33+,35-,39+,40-,41-,42+/m1/s1. The molecule has 1 unspecified atom stereocenters. The van der Waals surface area contributed by atoms with E-state index in [1.807, 2.05) is 0 Å². The zero-order valence-corrected chi connectivity index (χ0v) is 33.3. The summed E-state index contributed by atoms with van der Waals surface area (Å²) in [6, 6.07) is 0. The molecule has 0 radical (unpaired) electrons. The van der Waals surface area contributed by atoms with E-state index in [1.165, 1.54) is 11.1 Å². The zero-order valence-electron chi connectivity index (χ0n) is 33.3. The van der Waals surface area contributed by atoms with E-state index in [0.29, 0.717) is 25.2 Å². The molecule has 12 heteroatoms. The Hall–Kier alpha value is -1.64. The molecular formula is C42H66O12. The summed E-state index contributed by atoms with van der Waals surface area (Å²) in [6.07, 6.45) is -3.93. The molecule has 6 fully saturated rings. The summed E-state index contributed by atoms with van der Waals surface area (Å²) in [5.74, 6) is -1.44. The minimum atomic E-state index is -1.78. The van der Waals surface area contributed by atoms with E-state index in [2.05, 4.69) is 48.5 Å². The van der Waals surface area contributed by atoms with Crippen LogP contribution >= 0.6 is 0 Å². The van der Waals surface area contributed by atoms with Gasteiger partial charge < -0.3 is 50.0 Å². The number of aliphatic carboxylic acids is 2. The number of carboxylic acids is 2. The molecule has 7 aliphatic rings. The number of hydrogen-bond acceptors (Lipinski definition) is 10. The van der Waals surface area contributed by atoms with Crippen LogP contribution in [0.15, 0.2) is 11.1 Å². The highest BCUT2D eigenvalue weighted by atomic mass is 16.7. The largest absolute Gasteiger partial charge is 0.481 e. The minimum absolute atomic E-state index is 0.0136. The van der Waals surface area contributed by atoms with Crippen molar-refractivity contribution in [3.8, 4) is 0 Å². The number of fused-ring (bicyclic) bond motifs is 6. The summed E-state index contributed by atoms with van der Waals surface area (Å²) in [6.45, 7) is 16.3. The molecule has 0 aromatic carbocycles.